The highest BCUT2D eigenvalue weighted by molar-refractivity contribution is 7.99. The number of nitrogens with one attached hydrogen (secondary N) is 2. The van der Waals surface area contributed by atoms with Gasteiger partial charge in [-0.05, 0) is 42.7 Å². The summed E-state index contributed by atoms with van der Waals surface area (Å²) in [6.07, 6.45) is 3.13. The Labute approximate surface area is 128 Å². The lowest BCUT2D eigenvalue weighted by atomic mass is 10.2. The molecule has 7 heteroatoms. The zero-order valence-corrected chi connectivity index (χ0v) is 13.3. The first kappa shape index (κ1) is 15.3. The van der Waals surface area contributed by atoms with Crippen LogP contribution >= 0.6 is 11.8 Å². The third-order valence-electron chi connectivity index (χ3n) is 3.71. The van der Waals surface area contributed by atoms with Crippen molar-refractivity contribution in [2.24, 2.45) is 0 Å². The molecule has 0 spiro atoms. The first-order chi connectivity index (χ1) is 10.0. The molecule has 2 fully saturated rings. The van der Waals surface area contributed by atoms with E-state index in [0.29, 0.717) is 12.6 Å². The molecule has 0 amide bonds. The van der Waals surface area contributed by atoms with Crippen LogP contribution in [0.2, 0.25) is 0 Å². The summed E-state index contributed by atoms with van der Waals surface area (Å²) in [7, 11) is -3.77. The molecule has 0 bridgehead atoms. The molecule has 0 aromatic heterocycles. The van der Waals surface area contributed by atoms with Crippen LogP contribution in [-0.4, -0.2) is 32.0 Å². The molecule has 1 heterocycles. The second-order valence-corrected chi connectivity index (χ2v) is 8.43. The number of halogens is 1. The second kappa shape index (κ2) is 6.24. The van der Waals surface area contributed by atoms with Crippen LogP contribution in [0.25, 0.3) is 0 Å². The van der Waals surface area contributed by atoms with Gasteiger partial charge >= 0.3 is 0 Å². The standard InChI is InChI=1S/C14H19FN2O2S2/c15-13-7-10(8-16-11-2-3-11)1-4-14(13)21(18,19)17-12-5-6-20-9-12/h1,4,7,11-12,16-17H,2-3,5-6,8-9H2. The molecule has 1 aliphatic heterocycles. The highest BCUT2D eigenvalue weighted by atomic mass is 32.2. The maximum Gasteiger partial charge on any atom is 0.243 e. The molecule has 1 unspecified atom stereocenters. The molecule has 3 rings (SSSR count). The van der Waals surface area contributed by atoms with Crippen LogP contribution in [0, 0.1) is 5.82 Å². The van der Waals surface area contributed by atoms with Crippen molar-refractivity contribution in [1.29, 1.82) is 0 Å². The molecular formula is C14H19FN2O2S2. The van der Waals surface area contributed by atoms with Crippen LogP contribution in [0.15, 0.2) is 23.1 Å². The molecule has 1 saturated carbocycles. The molecular weight excluding hydrogens is 311 g/mol. The Morgan fingerprint density at radius 2 is 2.05 bits per heavy atom. The average molecular weight is 330 g/mol. The summed E-state index contributed by atoms with van der Waals surface area (Å²) in [5.41, 5.74) is 0.773. The van der Waals surface area contributed by atoms with E-state index in [9.17, 15) is 12.8 Å². The zero-order valence-electron chi connectivity index (χ0n) is 11.6. The zero-order chi connectivity index (χ0) is 14.9. The largest absolute Gasteiger partial charge is 0.310 e. The van der Waals surface area contributed by atoms with Crippen LogP contribution in [0.3, 0.4) is 0 Å². The second-order valence-electron chi connectivity index (χ2n) is 5.60. The van der Waals surface area contributed by atoms with E-state index in [2.05, 4.69) is 10.0 Å². The van der Waals surface area contributed by atoms with Gasteiger partial charge in [0.2, 0.25) is 10.0 Å². The monoisotopic (exact) mass is 330 g/mol. The number of benzene rings is 1. The van der Waals surface area contributed by atoms with Crippen molar-refractivity contribution in [1.82, 2.24) is 10.0 Å². The summed E-state index contributed by atoms with van der Waals surface area (Å²) in [6, 6.07) is 4.81. The summed E-state index contributed by atoms with van der Waals surface area (Å²) in [5.74, 6) is 1.02. The van der Waals surface area contributed by atoms with E-state index in [1.165, 1.54) is 12.1 Å². The SMILES string of the molecule is O=S(=O)(NC1CCSC1)c1ccc(CNC2CC2)cc1F. The van der Waals surface area contributed by atoms with Crippen LogP contribution < -0.4 is 10.0 Å². The molecule has 1 atom stereocenters. The van der Waals surface area contributed by atoms with E-state index in [0.717, 1.165) is 36.3 Å². The van der Waals surface area contributed by atoms with Crippen molar-refractivity contribution in [3.8, 4) is 0 Å². The van der Waals surface area contributed by atoms with Gasteiger partial charge in [-0.3, -0.25) is 0 Å². The summed E-state index contributed by atoms with van der Waals surface area (Å²) in [6.45, 7) is 0.578. The molecule has 21 heavy (non-hydrogen) atoms. The smallest absolute Gasteiger partial charge is 0.243 e. The molecule has 1 saturated heterocycles. The van der Waals surface area contributed by atoms with Gasteiger partial charge in [-0.1, -0.05) is 6.07 Å². The molecule has 0 radical (unpaired) electrons. The fourth-order valence-electron chi connectivity index (χ4n) is 2.33. The maximum absolute atomic E-state index is 14.1. The van der Waals surface area contributed by atoms with Gasteiger partial charge in [0.25, 0.3) is 0 Å². The van der Waals surface area contributed by atoms with Gasteiger partial charge in [-0.2, -0.15) is 11.8 Å². The van der Waals surface area contributed by atoms with E-state index in [4.69, 9.17) is 0 Å². The van der Waals surface area contributed by atoms with Crippen LogP contribution in [0.5, 0.6) is 0 Å². The van der Waals surface area contributed by atoms with E-state index in [-0.39, 0.29) is 10.9 Å². The number of sulfonamides is 1. The summed E-state index contributed by atoms with van der Waals surface area (Å²) >= 11 is 1.71. The molecule has 2 aliphatic rings. The Morgan fingerprint density at radius 1 is 1.24 bits per heavy atom. The molecule has 4 nitrogen and oxygen atoms in total. The number of rotatable bonds is 6. The van der Waals surface area contributed by atoms with Gasteiger partial charge in [0.15, 0.2) is 0 Å². The minimum Gasteiger partial charge on any atom is -0.310 e. The predicted octanol–water partition coefficient (Wildman–Crippen LogP) is 1.86. The lowest BCUT2D eigenvalue weighted by Crippen LogP contribution is -2.35. The minimum absolute atomic E-state index is 0.0874. The summed E-state index contributed by atoms with van der Waals surface area (Å²) in [5, 5.41) is 3.28. The molecule has 1 aliphatic carbocycles. The Kier molecular flexibility index (Phi) is 4.54. The summed E-state index contributed by atoms with van der Waals surface area (Å²) in [4.78, 5) is -0.255. The van der Waals surface area contributed by atoms with E-state index in [1.54, 1.807) is 17.8 Å². The van der Waals surface area contributed by atoms with Crippen molar-refractivity contribution in [3.05, 3.63) is 29.6 Å². The van der Waals surface area contributed by atoms with Gasteiger partial charge in [0, 0.05) is 24.4 Å². The Morgan fingerprint density at radius 3 is 2.67 bits per heavy atom. The van der Waals surface area contributed by atoms with Crippen LogP contribution in [0.1, 0.15) is 24.8 Å². The Bertz CT molecular complexity index is 611. The van der Waals surface area contributed by atoms with E-state index < -0.39 is 15.8 Å². The van der Waals surface area contributed by atoms with E-state index in [1.807, 2.05) is 0 Å². The first-order valence-corrected chi connectivity index (χ1v) is 9.80. The van der Waals surface area contributed by atoms with Gasteiger partial charge in [0.05, 0.1) is 0 Å². The Hall–Kier alpha value is -0.630. The average Bonchev–Trinajstić information content (AvgIpc) is 3.13. The first-order valence-electron chi connectivity index (χ1n) is 7.16. The maximum atomic E-state index is 14.1. The van der Waals surface area contributed by atoms with Crippen LogP contribution in [0.4, 0.5) is 4.39 Å². The third-order valence-corrected chi connectivity index (χ3v) is 6.43. The number of hydrogen-bond donors (Lipinski definition) is 2. The molecule has 1 aromatic carbocycles. The highest BCUT2D eigenvalue weighted by Gasteiger charge is 2.26. The third kappa shape index (κ3) is 3.97. The normalized spacial score (nSPS) is 22.6. The quantitative estimate of drug-likeness (QED) is 0.836. The summed E-state index contributed by atoms with van der Waals surface area (Å²) < 4.78 is 41.1. The predicted molar refractivity (Wildman–Crippen MR) is 82.3 cm³/mol. The lowest BCUT2D eigenvalue weighted by molar-refractivity contribution is 0.543. The van der Waals surface area contributed by atoms with E-state index >= 15 is 0 Å². The van der Waals surface area contributed by atoms with Gasteiger partial charge in [0.1, 0.15) is 10.7 Å². The van der Waals surface area contributed by atoms with Crippen molar-refractivity contribution in [3.63, 3.8) is 0 Å². The topological polar surface area (TPSA) is 58.2 Å². The van der Waals surface area contributed by atoms with Crippen molar-refractivity contribution in [2.75, 3.05) is 11.5 Å². The van der Waals surface area contributed by atoms with Gasteiger partial charge in [-0.25, -0.2) is 17.5 Å². The van der Waals surface area contributed by atoms with Gasteiger partial charge < -0.3 is 5.32 Å². The molecule has 1 aromatic rings. The number of thioether (sulfide) groups is 1. The minimum atomic E-state index is -3.77. The van der Waals surface area contributed by atoms with Gasteiger partial charge in [-0.15, -0.1) is 0 Å². The fraction of sp³-hybridized carbons (Fsp3) is 0.571. The molecule has 116 valence electrons. The number of hydrogen-bond acceptors (Lipinski definition) is 4. The van der Waals surface area contributed by atoms with Crippen molar-refractivity contribution in [2.45, 2.75) is 42.8 Å². The van der Waals surface area contributed by atoms with Crippen molar-refractivity contribution >= 4 is 21.8 Å². The van der Waals surface area contributed by atoms with Crippen molar-refractivity contribution < 1.29 is 12.8 Å². The van der Waals surface area contributed by atoms with Crippen LogP contribution in [-0.2, 0) is 16.6 Å². The lowest BCUT2D eigenvalue weighted by Gasteiger charge is -2.13. The fourth-order valence-corrected chi connectivity index (χ4v) is 4.92. The molecule has 2 N–H and O–H groups in total. The highest BCUT2D eigenvalue weighted by Crippen LogP contribution is 2.22. The Balaban J connectivity index is 1.70.